The molecule has 4 nitrogen and oxygen atoms in total. The molecule has 1 aromatic rings. The second-order valence-electron chi connectivity index (χ2n) is 6.56. The monoisotopic (exact) mass is 287 g/mol. The van der Waals surface area contributed by atoms with Gasteiger partial charge in [-0.3, -0.25) is 4.79 Å². The van der Waals surface area contributed by atoms with Crippen molar-refractivity contribution in [2.45, 2.75) is 56.7 Å². The summed E-state index contributed by atoms with van der Waals surface area (Å²) in [4.78, 5) is 14.7. The van der Waals surface area contributed by atoms with Crippen LogP contribution in [-0.2, 0) is 11.2 Å². The van der Waals surface area contributed by atoms with E-state index in [4.69, 9.17) is 5.73 Å². The van der Waals surface area contributed by atoms with E-state index in [0.29, 0.717) is 24.5 Å². The van der Waals surface area contributed by atoms with Gasteiger partial charge in [0.05, 0.1) is 6.42 Å². The number of amides is 1. The summed E-state index contributed by atoms with van der Waals surface area (Å²) in [6.45, 7) is 0. The number of carbonyl (C=O) groups is 1. The number of hydrogen-bond donors (Lipinski definition) is 2. The Hall–Kier alpha value is -1.55. The molecule has 4 heteroatoms. The van der Waals surface area contributed by atoms with E-state index in [1.54, 1.807) is 0 Å². The molecule has 2 fully saturated rings. The molecule has 21 heavy (non-hydrogen) atoms. The minimum atomic E-state index is 0.132. The second-order valence-corrected chi connectivity index (χ2v) is 6.56. The lowest BCUT2D eigenvalue weighted by Crippen LogP contribution is -2.55. The predicted molar refractivity (Wildman–Crippen MR) is 84.9 cm³/mol. The third-order valence-electron chi connectivity index (χ3n) is 5.05. The van der Waals surface area contributed by atoms with Gasteiger partial charge in [0.1, 0.15) is 0 Å². The molecule has 2 aliphatic heterocycles. The van der Waals surface area contributed by atoms with Crippen LogP contribution in [0.3, 0.4) is 0 Å². The van der Waals surface area contributed by atoms with E-state index >= 15 is 0 Å². The van der Waals surface area contributed by atoms with Crippen molar-refractivity contribution in [1.82, 2.24) is 10.2 Å². The molecule has 2 unspecified atom stereocenters. The smallest absolute Gasteiger partial charge is 0.224 e. The van der Waals surface area contributed by atoms with Crippen LogP contribution >= 0.6 is 0 Å². The molecule has 1 aromatic carbocycles. The van der Waals surface area contributed by atoms with Gasteiger partial charge in [0.2, 0.25) is 5.91 Å². The van der Waals surface area contributed by atoms with Crippen LogP contribution in [0.1, 0.15) is 37.7 Å². The van der Waals surface area contributed by atoms with E-state index < -0.39 is 0 Å². The third kappa shape index (κ3) is 3.38. The average Bonchev–Trinajstić information content (AvgIpc) is 2.42. The number of rotatable bonds is 3. The molecule has 114 valence electrons. The van der Waals surface area contributed by atoms with Gasteiger partial charge in [-0.25, -0.2) is 0 Å². The minimum Gasteiger partial charge on any atom is -0.399 e. The number of nitrogen functional groups attached to an aromatic ring is 1. The number of nitrogens with one attached hydrogen (secondary N) is 1. The van der Waals surface area contributed by atoms with Crippen molar-refractivity contribution in [2.75, 3.05) is 12.8 Å². The highest BCUT2D eigenvalue weighted by atomic mass is 16.1. The van der Waals surface area contributed by atoms with Crippen molar-refractivity contribution < 1.29 is 4.79 Å². The largest absolute Gasteiger partial charge is 0.399 e. The molecule has 3 N–H and O–H groups in total. The highest BCUT2D eigenvalue weighted by Gasteiger charge is 2.36. The molecule has 3 rings (SSSR count). The fourth-order valence-corrected chi connectivity index (χ4v) is 3.83. The van der Waals surface area contributed by atoms with Gasteiger partial charge in [-0.1, -0.05) is 18.6 Å². The van der Waals surface area contributed by atoms with Crippen LogP contribution in [0.2, 0.25) is 0 Å². The Morgan fingerprint density at radius 2 is 1.86 bits per heavy atom. The maximum Gasteiger partial charge on any atom is 0.224 e. The third-order valence-corrected chi connectivity index (χ3v) is 5.05. The van der Waals surface area contributed by atoms with Gasteiger partial charge in [-0.05, 0) is 50.4 Å². The van der Waals surface area contributed by atoms with E-state index in [1.807, 2.05) is 24.3 Å². The normalized spacial score (nSPS) is 29.1. The summed E-state index contributed by atoms with van der Waals surface area (Å²) in [5.41, 5.74) is 7.43. The lowest BCUT2D eigenvalue weighted by molar-refractivity contribution is -0.121. The summed E-state index contributed by atoms with van der Waals surface area (Å²) in [5.74, 6) is 0.132. The lowest BCUT2D eigenvalue weighted by atomic mass is 9.82. The summed E-state index contributed by atoms with van der Waals surface area (Å²) in [7, 11) is 2.24. The number of nitrogens with zero attached hydrogens (tertiary/aromatic N) is 1. The van der Waals surface area contributed by atoms with Gasteiger partial charge in [-0.15, -0.1) is 0 Å². The van der Waals surface area contributed by atoms with Crippen molar-refractivity contribution in [2.24, 2.45) is 0 Å². The standard InChI is InChI=1S/C17H25N3O/c1-20-15-3-2-4-16(20)11-14(10-15)19-17(21)9-12-5-7-13(18)8-6-12/h5-8,14-16H,2-4,9-11,18H2,1H3,(H,19,21). The van der Waals surface area contributed by atoms with Gasteiger partial charge in [0.15, 0.2) is 0 Å². The van der Waals surface area contributed by atoms with E-state index in [2.05, 4.69) is 17.3 Å². The number of hydrogen-bond acceptors (Lipinski definition) is 3. The fourth-order valence-electron chi connectivity index (χ4n) is 3.83. The molecule has 2 saturated heterocycles. The van der Waals surface area contributed by atoms with Crippen LogP contribution < -0.4 is 11.1 Å². The van der Waals surface area contributed by atoms with Crippen molar-refractivity contribution in [3.05, 3.63) is 29.8 Å². The van der Waals surface area contributed by atoms with Crippen LogP contribution in [0.5, 0.6) is 0 Å². The van der Waals surface area contributed by atoms with E-state index in [1.165, 1.54) is 19.3 Å². The molecule has 1 amide bonds. The van der Waals surface area contributed by atoms with Crippen molar-refractivity contribution in [1.29, 1.82) is 0 Å². The quantitative estimate of drug-likeness (QED) is 0.835. The number of nitrogens with two attached hydrogens (primary N) is 1. The van der Waals surface area contributed by atoms with E-state index in [-0.39, 0.29) is 5.91 Å². The van der Waals surface area contributed by atoms with E-state index in [0.717, 1.165) is 24.1 Å². The lowest BCUT2D eigenvalue weighted by Gasteiger charge is -2.47. The zero-order valence-corrected chi connectivity index (χ0v) is 12.7. The number of carbonyl (C=O) groups excluding carboxylic acids is 1. The summed E-state index contributed by atoms with van der Waals surface area (Å²) >= 11 is 0. The predicted octanol–water partition coefficient (Wildman–Crippen LogP) is 1.94. The van der Waals surface area contributed by atoms with Crippen LogP contribution in [0.25, 0.3) is 0 Å². The van der Waals surface area contributed by atoms with Gasteiger partial charge in [0.25, 0.3) is 0 Å². The Bertz CT molecular complexity index is 485. The molecule has 0 aromatic heterocycles. The number of fused-ring (bicyclic) bond motifs is 2. The molecule has 2 atom stereocenters. The molecule has 0 aliphatic carbocycles. The molecule has 0 spiro atoms. The van der Waals surface area contributed by atoms with Crippen molar-refractivity contribution in [3.63, 3.8) is 0 Å². The average molecular weight is 287 g/mol. The highest BCUT2D eigenvalue weighted by Crippen LogP contribution is 2.32. The number of benzene rings is 1. The molecule has 2 aliphatic rings. The first-order valence-electron chi connectivity index (χ1n) is 7.97. The maximum atomic E-state index is 12.2. The first kappa shape index (κ1) is 14.4. The topological polar surface area (TPSA) is 58.4 Å². The van der Waals surface area contributed by atoms with E-state index in [9.17, 15) is 4.79 Å². The van der Waals surface area contributed by atoms with Crippen LogP contribution in [0.15, 0.2) is 24.3 Å². The molecule has 2 heterocycles. The van der Waals surface area contributed by atoms with Crippen molar-refractivity contribution >= 4 is 11.6 Å². The Morgan fingerprint density at radius 1 is 1.24 bits per heavy atom. The molecule has 2 bridgehead atoms. The fraction of sp³-hybridized carbons (Fsp3) is 0.588. The first-order valence-corrected chi connectivity index (χ1v) is 7.97. The Balaban J connectivity index is 1.54. The first-order chi connectivity index (χ1) is 10.1. The van der Waals surface area contributed by atoms with Crippen LogP contribution in [0.4, 0.5) is 5.69 Å². The second kappa shape index (κ2) is 6.06. The molecular formula is C17H25N3O. The van der Waals surface area contributed by atoms with Crippen LogP contribution in [0, 0.1) is 0 Å². The van der Waals surface area contributed by atoms with Gasteiger partial charge in [-0.2, -0.15) is 0 Å². The van der Waals surface area contributed by atoms with Gasteiger partial charge in [0, 0.05) is 23.8 Å². The molecular weight excluding hydrogens is 262 g/mol. The Kier molecular flexibility index (Phi) is 4.15. The minimum absolute atomic E-state index is 0.132. The zero-order valence-electron chi connectivity index (χ0n) is 12.7. The molecule has 0 radical (unpaired) electrons. The Labute approximate surface area is 126 Å². The van der Waals surface area contributed by atoms with Crippen LogP contribution in [-0.4, -0.2) is 36.0 Å². The highest BCUT2D eigenvalue weighted by molar-refractivity contribution is 5.79. The summed E-state index contributed by atoms with van der Waals surface area (Å²) < 4.78 is 0. The summed E-state index contributed by atoms with van der Waals surface area (Å²) in [6, 6.07) is 9.21. The number of anilines is 1. The van der Waals surface area contributed by atoms with Gasteiger partial charge >= 0.3 is 0 Å². The number of piperidine rings is 2. The van der Waals surface area contributed by atoms with Gasteiger partial charge < -0.3 is 16.0 Å². The Morgan fingerprint density at radius 3 is 2.48 bits per heavy atom. The zero-order chi connectivity index (χ0) is 14.8. The van der Waals surface area contributed by atoms with Crippen molar-refractivity contribution in [3.8, 4) is 0 Å². The molecule has 0 saturated carbocycles. The summed E-state index contributed by atoms with van der Waals surface area (Å²) in [5, 5.41) is 3.23. The maximum absolute atomic E-state index is 12.2. The SMILES string of the molecule is CN1C2CCCC1CC(NC(=O)Cc1ccc(N)cc1)C2. The summed E-state index contributed by atoms with van der Waals surface area (Å²) in [6.07, 6.45) is 6.53.